The van der Waals surface area contributed by atoms with Gasteiger partial charge >= 0.3 is 0 Å². The van der Waals surface area contributed by atoms with Gasteiger partial charge in [0.1, 0.15) is 0 Å². The first-order valence-electron chi connectivity index (χ1n) is 6.95. The molecule has 0 aromatic rings. The highest BCUT2D eigenvalue weighted by Crippen LogP contribution is 2.27. The van der Waals surface area contributed by atoms with Crippen molar-refractivity contribution < 1.29 is 13.5 Å². The molecule has 5 nitrogen and oxygen atoms in total. The van der Waals surface area contributed by atoms with Gasteiger partial charge in [-0.15, -0.1) is 0 Å². The summed E-state index contributed by atoms with van der Waals surface area (Å²) in [6.45, 7) is 2.27. The highest BCUT2D eigenvalue weighted by molar-refractivity contribution is 7.89. The molecule has 0 bridgehead atoms. The third-order valence-electron chi connectivity index (χ3n) is 3.99. The van der Waals surface area contributed by atoms with Gasteiger partial charge < -0.3 is 10.0 Å². The van der Waals surface area contributed by atoms with E-state index in [0.717, 1.165) is 19.4 Å². The number of aliphatic hydroxyl groups is 1. The van der Waals surface area contributed by atoms with Crippen LogP contribution in [0.25, 0.3) is 0 Å². The van der Waals surface area contributed by atoms with Crippen LogP contribution in [0.15, 0.2) is 0 Å². The molecular formula is C12H24N2O3S. The Balaban J connectivity index is 1.78. The van der Waals surface area contributed by atoms with Crippen LogP contribution in [0, 0.1) is 0 Å². The largest absolute Gasteiger partial charge is 0.396 e. The Hall–Kier alpha value is -0.170. The number of nitrogens with zero attached hydrogens (tertiary/aromatic N) is 1. The SMILES string of the molecule is O=S(=O)(CCCCO)NC1CCN2CCCC2C1. The maximum absolute atomic E-state index is 11.9. The van der Waals surface area contributed by atoms with Gasteiger partial charge in [-0.05, 0) is 51.6 Å². The minimum atomic E-state index is -3.16. The van der Waals surface area contributed by atoms with Crippen molar-refractivity contribution in [3.05, 3.63) is 0 Å². The van der Waals surface area contributed by atoms with Crippen molar-refractivity contribution in [3.63, 3.8) is 0 Å². The Kier molecular flexibility index (Phi) is 5.00. The standard InChI is InChI=1S/C12H24N2O3S/c15-8-1-2-9-18(16,17)13-11-5-7-14-6-3-4-12(14)10-11/h11-13,15H,1-10H2. The van der Waals surface area contributed by atoms with Crippen molar-refractivity contribution in [1.82, 2.24) is 9.62 Å². The molecule has 6 heteroatoms. The lowest BCUT2D eigenvalue weighted by molar-refractivity contribution is 0.176. The van der Waals surface area contributed by atoms with E-state index in [-0.39, 0.29) is 18.4 Å². The highest BCUT2D eigenvalue weighted by Gasteiger charge is 2.33. The summed E-state index contributed by atoms with van der Waals surface area (Å²) >= 11 is 0. The molecule has 2 saturated heterocycles. The van der Waals surface area contributed by atoms with Gasteiger partial charge in [0, 0.05) is 18.7 Å². The Morgan fingerprint density at radius 3 is 2.83 bits per heavy atom. The Labute approximate surface area is 110 Å². The Bertz CT molecular complexity index is 358. The zero-order valence-electron chi connectivity index (χ0n) is 10.8. The number of aliphatic hydroxyl groups excluding tert-OH is 1. The smallest absolute Gasteiger partial charge is 0.211 e. The van der Waals surface area contributed by atoms with E-state index in [1.807, 2.05) is 0 Å². The summed E-state index contributed by atoms with van der Waals surface area (Å²) in [5, 5.41) is 8.67. The van der Waals surface area contributed by atoms with Gasteiger partial charge in [0.25, 0.3) is 0 Å². The summed E-state index contributed by atoms with van der Waals surface area (Å²) in [5.41, 5.74) is 0. The maximum atomic E-state index is 11.9. The van der Waals surface area contributed by atoms with Crippen molar-refractivity contribution in [3.8, 4) is 0 Å². The van der Waals surface area contributed by atoms with Gasteiger partial charge in [0.2, 0.25) is 10.0 Å². The Morgan fingerprint density at radius 1 is 1.22 bits per heavy atom. The van der Waals surface area contributed by atoms with Crippen molar-refractivity contribution >= 4 is 10.0 Å². The third-order valence-corrected chi connectivity index (χ3v) is 5.51. The first-order chi connectivity index (χ1) is 8.61. The van der Waals surface area contributed by atoms with Crippen LogP contribution >= 0.6 is 0 Å². The molecule has 2 fully saturated rings. The molecule has 0 aliphatic carbocycles. The minimum Gasteiger partial charge on any atom is -0.396 e. The molecule has 0 amide bonds. The summed E-state index contributed by atoms with van der Waals surface area (Å²) in [6.07, 6.45) is 5.44. The number of unbranched alkanes of at least 4 members (excludes halogenated alkanes) is 1. The van der Waals surface area contributed by atoms with Crippen molar-refractivity contribution in [2.75, 3.05) is 25.4 Å². The molecule has 2 N–H and O–H groups in total. The van der Waals surface area contributed by atoms with Gasteiger partial charge in [0.15, 0.2) is 0 Å². The second kappa shape index (κ2) is 6.32. The van der Waals surface area contributed by atoms with E-state index in [2.05, 4.69) is 9.62 Å². The van der Waals surface area contributed by atoms with Crippen molar-refractivity contribution in [1.29, 1.82) is 0 Å². The van der Waals surface area contributed by atoms with Crippen LogP contribution in [0.5, 0.6) is 0 Å². The van der Waals surface area contributed by atoms with Gasteiger partial charge in [-0.2, -0.15) is 0 Å². The summed E-state index contributed by atoms with van der Waals surface area (Å²) in [7, 11) is -3.16. The Morgan fingerprint density at radius 2 is 2.06 bits per heavy atom. The van der Waals surface area contributed by atoms with Gasteiger partial charge in [-0.25, -0.2) is 13.1 Å². The molecular weight excluding hydrogens is 252 g/mol. The van der Waals surface area contributed by atoms with E-state index in [1.54, 1.807) is 0 Å². The summed E-state index contributed by atoms with van der Waals surface area (Å²) in [4.78, 5) is 2.48. The number of fused-ring (bicyclic) bond motifs is 1. The first kappa shape index (κ1) is 14.2. The highest BCUT2D eigenvalue weighted by atomic mass is 32.2. The molecule has 2 rings (SSSR count). The molecule has 0 aromatic carbocycles. The van der Waals surface area contributed by atoms with Crippen LogP contribution in [0.4, 0.5) is 0 Å². The third kappa shape index (κ3) is 3.91. The van der Waals surface area contributed by atoms with E-state index in [4.69, 9.17) is 5.11 Å². The van der Waals surface area contributed by atoms with E-state index in [1.165, 1.54) is 19.4 Å². The number of rotatable bonds is 6. The average Bonchev–Trinajstić information content (AvgIpc) is 2.75. The number of hydrogen-bond acceptors (Lipinski definition) is 4. The molecule has 0 aromatic heterocycles. The number of nitrogens with one attached hydrogen (secondary N) is 1. The zero-order valence-corrected chi connectivity index (χ0v) is 11.7. The van der Waals surface area contributed by atoms with Gasteiger partial charge in [-0.3, -0.25) is 0 Å². The molecule has 0 spiro atoms. The quantitative estimate of drug-likeness (QED) is 0.685. The summed E-state index contributed by atoms with van der Waals surface area (Å²) in [5.74, 6) is 0.137. The molecule has 2 atom stereocenters. The van der Waals surface area contributed by atoms with Crippen molar-refractivity contribution in [2.45, 2.75) is 50.6 Å². The number of hydrogen-bond donors (Lipinski definition) is 2. The number of piperidine rings is 1. The molecule has 0 radical (unpaired) electrons. The van der Waals surface area contributed by atoms with Crippen LogP contribution in [-0.4, -0.2) is 56.0 Å². The van der Waals surface area contributed by atoms with E-state index >= 15 is 0 Å². The molecule has 2 aliphatic rings. The molecule has 2 heterocycles. The minimum absolute atomic E-state index is 0.0655. The molecule has 2 aliphatic heterocycles. The maximum Gasteiger partial charge on any atom is 0.211 e. The topological polar surface area (TPSA) is 69.6 Å². The summed E-state index contributed by atoms with van der Waals surface area (Å²) in [6, 6.07) is 0.701. The fraction of sp³-hybridized carbons (Fsp3) is 1.00. The lowest BCUT2D eigenvalue weighted by Gasteiger charge is -2.34. The fourth-order valence-corrected chi connectivity index (χ4v) is 4.47. The van der Waals surface area contributed by atoms with Gasteiger partial charge in [0.05, 0.1) is 5.75 Å². The van der Waals surface area contributed by atoms with Crippen LogP contribution in [-0.2, 0) is 10.0 Å². The predicted molar refractivity (Wildman–Crippen MR) is 70.9 cm³/mol. The van der Waals surface area contributed by atoms with Crippen molar-refractivity contribution in [2.24, 2.45) is 0 Å². The van der Waals surface area contributed by atoms with Crippen LogP contribution < -0.4 is 4.72 Å². The van der Waals surface area contributed by atoms with E-state index in [9.17, 15) is 8.42 Å². The molecule has 106 valence electrons. The van der Waals surface area contributed by atoms with E-state index < -0.39 is 10.0 Å². The lowest BCUT2D eigenvalue weighted by Crippen LogP contribution is -2.47. The molecule has 18 heavy (non-hydrogen) atoms. The van der Waals surface area contributed by atoms with Crippen LogP contribution in [0.1, 0.15) is 38.5 Å². The molecule has 0 saturated carbocycles. The first-order valence-corrected chi connectivity index (χ1v) is 8.61. The van der Waals surface area contributed by atoms with Gasteiger partial charge in [-0.1, -0.05) is 0 Å². The monoisotopic (exact) mass is 276 g/mol. The normalized spacial score (nSPS) is 29.4. The van der Waals surface area contributed by atoms with Crippen LogP contribution in [0.2, 0.25) is 0 Å². The van der Waals surface area contributed by atoms with E-state index in [0.29, 0.717) is 18.9 Å². The average molecular weight is 276 g/mol. The summed E-state index contributed by atoms with van der Waals surface area (Å²) < 4.78 is 26.5. The molecule has 2 unspecified atom stereocenters. The van der Waals surface area contributed by atoms with Crippen LogP contribution in [0.3, 0.4) is 0 Å². The lowest BCUT2D eigenvalue weighted by atomic mass is 9.99. The second-order valence-electron chi connectivity index (χ2n) is 5.42. The number of sulfonamides is 1. The zero-order chi connectivity index (χ0) is 13.0. The fourth-order valence-electron chi connectivity index (χ4n) is 3.05. The predicted octanol–water partition coefficient (Wildman–Crippen LogP) is 0.305. The second-order valence-corrected chi connectivity index (χ2v) is 7.29.